The zero-order valence-electron chi connectivity index (χ0n) is 7.53. The first-order valence-corrected chi connectivity index (χ1v) is 4.71. The summed E-state index contributed by atoms with van der Waals surface area (Å²) < 4.78 is 5.06. The Kier molecular flexibility index (Phi) is 3.70. The van der Waals surface area contributed by atoms with Crippen LogP contribution in [0, 0.1) is 0 Å². The van der Waals surface area contributed by atoms with Gasteiger partial charge in [-0.25, -0.2) is 0 Å². The van der Waals surface area contributed by atoms with E-state index in [4.69, 9.17) is 27.9 Å². The zero-order chi connectivity index (χ0) is 9.84. The van der Waals surface area contributed by atoms with E-state index in [1.54, 1.807) is 19.2 Å². The summed E-state index contributed by atoms with van der Waals surface area (Å²) in [6, 6.07) is 3.45. The number of nitrogens with one attached hydrogen (secondary N) is 1. The van der Waals surface area contributed by atoms with Crippen molar-refractivity contribution in [2.75, 3.05) is 19.0 Å². The highest BCUT2D eigenvalue weighted by Gasteiger charge is 2.06. The first kappa shape index (κ1) is 10.5. The summed E-state index contributed by atoms with van der Waals surface area (Å²) in [5.74, 6) is 0.627. The molecule has 1 rings (SSSR count). The molecule has 0 unspecified atom stereocenters. The highest BCUT2D eigenvalue weighted by molar-refractivity contribution is 6.37. The molecule has 1 N–H and O–H groups in total. The number of hydrogen-bond acceptors (Lipinski definition) is 2. The Morgan fingerprint density at radius 2 is 2.00 bits per heavy atom. The van der Waals surface area contributed by atoms with Gasteiger partial charge in [-0.05, 0) is 13.0 Å². The van der Waals surface area contributed by atoms with Gasteiger partial charge in [0.1, 0.15) is 5.75 Å². The average Bonchev–Trinajstić information content (AvgIpc) is 2.10. The zero-order valence-corrected chi connectivity index (χ0v) is 9.04. The van der Waals surface area contributed by atoms with Crippen molar-refractivity contribution in [3.8, 4) is 5.75 Å². The molecule has 1 aromatic carbocycles. The molecule has 0 amide bonds. The molecule has 0 aliphatic heterocycles. The quantitative estimate of drug-likeness (QED) is 0.842. The van der Waals surface area contributed by atoms with Crippen molar-refractivity contribution in [3.63, 3.8) is 0 Å². The minimum Gasteiger partial charge on any atom is -0.495 e. The van der Waals surface area contributed by atoms with E-state index in [0.717, 1.165) is 12.2 Å². The predicted molar refractivity (Wildman–Crippen MR) is 57.2 cm³/mol. The fraction of sp³-hybridized carbons (Fsp3) is 0.333. The van der Waals surface area contributed by atoms with Crippen LogP contribution in [0.3, 0.4) is 0 Å². The SMILES string of the molecule is CCNc1cc(OC)c(Cl)cc1Cl. The van der Waals surface area contributed by atoms with Crippen LogP contribution >= 0.6 is 23.2 Å². The standard InChI is InChI=1S/C9H11Cl2NO/c1-3-12-8-5-9(13-2)7(11)4-6(8)10/h4-5,12H,3H2,1-2H3. The van der Waals surface area contributed by atoms with E-state index in [0.29, 0.717) is 15.8 Å². The molecule has 4 heteroatoms. The molecule has 0 aromatic heterocycles. The van der Waals surface area contributed by atoms with Crippen LogP contribution in [0.5, 0.6) is 5.75 Å². The third-order valence-electron chi connectivity index (χ3n) is 1.61. The van der Waals surface area contributed by atoms with Gasteiger partial charge in [0, 0.05) is 12.6 Å². The maximum absolute atomic E-state index is 5.93. The normalized spacial score (nSPS) is 9.85. The monoisotopic (exact) mass is 219 g/mol. The first-order chi connectivity index (χ1) is 6.19. The molecule has 72 valence electrons. The van der Waals surface area contributed by atoms with Crippen molar-refractivity contribution in [2.24, 2.45) is 0 Å². The highest BCUT2D eigenvalue weighted by atomic mass is 35.5. The molecule has 0 aliphatic rings. The van der Waals surface area contributed by atoms with Gasteiger partial charge in [-0.15, -0.1) is 0 Å². The molecule has 0 heterocycles. The van der Waals surface area contributed by atoms with E-state index in [9.17, 15) is 0 Å². The van der Waals surface area contributed by atoms with Crippen LogP contribution in [0.2, 0.25) is 10.0 Å². The Labute approximate surface area is 87.8 Å². The summed E-state index contributed by atoms with van der Waals surface area (Å²) in [5, 5.41) is 4.23. The van der Waals surface area contributed by atoms with Crippen LogP contribution in [0.4, 0.5) is 5.69 Å². The van der Waals surface area contributed by atoms with Crippen LogP contribution in [-0.4, -0.2) is 13.7 Å². The maximum atomic E-state index is 5.93. The van der Waals surface area contributed by atoms with Gasteiger partial charge in [-0.3, -0.25) is 0 Å². The lowest BCUT2D eigenvalue weighted by Gasteiger charge is -2.09. The molecular weight excluding hydrogens is 209 g/mol. The Morgan fingerprint density at radius 3 is 2.54 bits per heavy atom. The van der Waals surface area contributed by atoms with Crippen molar-refractivity contribution >= 4 is 28.9 Å². The van der Waals surface area contributed by atoms with Gasteiger partial charge in [0.2, 0.25) is 0 Å². The van der Waals surface area contributed by atoms with Gasteiger partial charge in [0.05, 0.1) is 22.8 Å². The van der Waals surface area contributed by atoms with Crippen molar-refractivity contribution in [1.82, 2.24) is 0 Å². The molecule has 0 aliphatic carbocycles. The summed E-state index contributed by atoms with van der Waals surface area (Å²) in [7, 11) is 1.57. The van der Waals surface area contributed by atoms with Gasteiger partial charge < -0.3 is 10.1 Å². The third-order valence-corrected chi connectivity index (χ3v) is 2.22. The molecule has 0 spiro atoms. The number of methoxy groups -OCH3 is 1. The molecule has 0 bridgehead atoms. The van der Waals surface area contributed by atoms with Crippen molar-refractivity contribution in [1.29, 1.82) is 0 Å². The third kappa shape index (κ3) is 2.42. The second-order valence-corrected chi connectivity index (χ2v) is 3.31. The number of ether oxygens (including phenoxy) is 1. The molecule has 0 radical (unpaired) electrons. The maximum Gasteiger partial charge on any atom is 0.139 e. The smallest absolute Gasteiger partial charge is 0.139 e. The average molecular weight is 220 g/mol. The summed E-state index contributed by atoms with van der Waals surface area (Å²) >= 11 is 11.8. The van der Waals surface area contributed by atoms with E-state index in [2.05, 4.69) is 5.32 Å². The molecule has 0 saturated carbocycles. The molecule has 0 atom stereocenters. The Bertz CT molecular complexity index is 302. The van der Waals surface area contributed by atoms with Crippen LogP contribution < -0.4 is 10.1 Å². The largest absolute Gasteiger partial charge is 0.495 e. The molecule has 13 heavy (non-hydrogen) atoms. The Balaban J connectivity index is 3.06. The number of anilines is 1. The molecule has 0 saturated heterocycles. The molecular formula is C9H11Cl2NO. The van der Waals surface area contributed by atoms with Crippen LogP contribution in [0.15, 0.2) is 12.1 Å². The Morgan fingerprint density at radius 1 is 1.31 bits per heavy atom. The van der Waals surface area contributed by atoms with Crippen LogP contribution in [-0.2, 0) is 0 Å². The second kappa shape index (κ2) is 4.58. The summed E-state index contributed by atoms with van der Waals surface area (Å²) in [4.78, 5) is 0. The number of benzene rings is 1. The lowest BCUT2D eigenvalue weighted by molar-refractivity contribution is 0.415. The van der Waals surface area contributed by atoms with Crippen LogP contribution in [0.1, 0.15) is 6.92 Å². The van der Waals surface area contributed by atoms with Crippen molar-refractivity contribution in [3.05, 3.63) is 22.2 Å². The van der Waals surface area contributed by atoms with Crippen molar-refractivity contribution in [2.45, 2.75) is 6.92 Å². The van der Waals surface area contributed by atoms with E-state index >= 15 is 0 Å². The van der Waals surface area contributed by atoms with E-state index < -0.39 is 0 Å². The second-order valence-electron chi connectivity index (χ2n) is 2.50. The van der Waals surface area contributed by atoms with E-state index in [1.807, 2.05) is 6.92 Å². The van der Waals surface area contributed by atoms with Gasteiger partial charge >= 0.3 is 0 Å². The fourth-order valence-corrected chi connectivity index (χ4v) is 1.54. The van der Waals surface area contributed by atoms with Gasteiger partial charge in [-0.1, -0.05) is 23.2 Å². The number of hydrogen-bond donors (Lipinski definition) is 1. The molecule has 1 aromatic rings. The van der Waals surface area contributed by atoms with Crippen molar-refractivity contribution < 1.29 is 4.74 Å². The summed E-state index contributed by atoms with van der Waals surface area (Å²) in [6.45, 7) is 2.81. The van der Waals surface area contributed by atoms with Crippen LogP contribution in [0.25, 0.3) is 0 Å². The lowest BCUT2D eigenvalue weighted by atomic mass is 10.3. The molecule has 0 fully saturated rings. The summed E-state index contributed by atoms with van der Waals surface area (Å²) in [5.41, 5.74) is 0.838. The minimum absolute atomic E-state index is 0.522. The van der Waals surface area contributed by atoms with Gasteiger partial charge in [-0.2, -0.15) is 0 Å². The van der Waals surface area contributed by atoms with E-state index in [1.165, 1.54) is 0 Å². The first-order valence-electron chi connectivity index (χ1n) is 3.96. The predicted octanol–water partition coefficient (Wildman–Crippen LogP) is 3.43. The topological polar surface area (TPSA) is 21.3 Å². The van der Waals surface area contributed by atoms with E-state index in [-0.39, 0.29) is 0 Å². The number of halogens is 2. The summed E-state index contributed by atoms with van der Waals surface area (Å²) in [6.07, 6.45) is 0. The fourth-order valence-electron chi connectivity index (χ4n) is 1.01. The molecule has 2 nitrogen and oxygen atoms in total. The van der Waals surface area contributed by atoms with Gasteiger partial charge in [0.15, 0.2) is 0 Å². The van der Waals surface area contributed by atoms with Gasteiger partial charge in [0.25, 0.3) is 0 Å². The minimum atomic E-state index is 0.522. The highest BCUT2D eigenvalue weighted by Crippen LogP contribution is 2.33. The lowest BCUT2D eigenvalue weighted by Crippen LogP contribution is -1.97. The Hall–Kier alpha value is -0.600. The number of rotatable bonds is 3.